The van der Waals surface area contributed by atoms with Crippen LogP contribution in [0.15, 0.2) is 41.8 Å². The Balaban J connectivity index is 2.15. The number of methoxy groups -OCH3 is 1. The van der Waals surface area contributed by atoms with Crippen molar-refractivity contribution in [3.8, 4) is 0 Å². The van der Waals surface area contributed by atoms with Crippen LogP contribution in [-0.4, -0.2) is 33.5 Å². The third kappa shape index (κ3) is 3.20. The largest absolute Gasteiger partial charge is 0.468 e. The molecule has 122 valence electrons. The van der Waals surface area contributed by atoms with Gasteiger partial charge < -0.3 is 9.30 Å². The van der Waals surface area contributed by atoms with E-state index in [1.807, 2.05) is 0 Å². The maximum absolute atomic E-state index is 13.4. The molecule has 0 saturated carbocycles. The molecule has 0 radical (unpaired) electrons. The minimum absolute atomic E-state index is 0.0748. The van der Waals surface area contributed by atoms with E-state index in [1.165, 1.54) is 48.5 Å². The molecular weight excluding hydrogens is 335 g/mol. The van der Waals surface area contributed by atoms with Gasteiger partial charge in [0.1, 0.15) is 18.1 Å². The molecule has 0 unspecified atom stereocenters. The number of ether oxygens (including phenoxy) is 1. The number of nitrogens with zero attached hydrogens (tertiary/aromatic N) is 4. The van der Waals surface area contributed by atoms with Crippen molar-refractivity contribution in [3.63, 3.8) is 0 Å². The van der Waals surface area contributed by atoms with Gasteiger partial charge in [-0.1, -0.05) is 11.3 Å². The summed E-state index contributed by atoms with van der Waals surface area (Å²) in [7, 11) is 1.26. The van der Waals surface area contributed by atoms with E-state index in [4.69, 9.17) is 0 Å². The van der Waals surface area contributed by atoms with Crippen molar-refractivity contribution in [2.75, 3.05) is 7.11 Å². The summed E-state index contributed by atoms with van der Waals surface area (Å²) in [5, 5.41) is 0. The number of thiazole rings is 1. The van der Waals surface area contributed by atoms with Gasteiger partial charge >= 0.3 is 5.97 Å². The van der Waals surface area contributed by atoms with Crippen molar-refractivity contribution in [2.24, 2.45) is 4.99 Å². The van der Waals surface area contributed by atoms with E-state index in [1.54, 1.807) is 0 Å². The number of rotatable bonds is 3. The van der Waals surface area contributed by atoms with Crippen LogP contribution in [0, 0.1) is 5.82 Å². The molecular formula is C15H11FN4O3S. The molecule has 0 bridgehead atoms. The van der Waals surface area contributed by atoms with Crippen molar-refractivity contribution < 1.29 is 18.7 Å². The van der Waals surface area contributed by atoms with E-state index in [0.717, 1.165) is 11.3 Å². The fourth-order valence-corrected chi connectivity index (χ4v) is 3.09. The first kappa shape index (κ1) is 15.9. The van der Waals surface area contributed by atoms with Gasteiger partial charge in [0.2, 0.25) is 0 Å². The number of amides is 1. The first-order valence-corrected chi connectivity index (χ1v) is 7.61. The highest BCUT2D eigenvalue weighted by molar-refractivity contribution is 7.16. The summed E-state index contributed by atoms with van der Waals surface area (Å²) in [6.45, 7) is -0.144. The molecule has 2 heterocycles. The minimum atomic E-state index is -0.603. The van der Waals surface area contributed by atoms with E-state index < -0.39 is 17.7 Å². The Labute approximate surface area is 139 Å². The molecule has 0 aliphatic rings. The van der Waals surface area contributed by atoms with Gasteiger partial charge in [0, 0.05) is 12.4 Å². The first-order chi connectivity index (χ1) is 11.6. The van der Waals surface area contributed by atoms with E-state index in [0.29, 0.717) is 10.2 Å². The van der Waals surface area contributed by atoms with Gasteiger partial charge in [-0.25, -0.2) is 9.37 Å². The first-order valence-electron chi connectivity index (χ1n) is 6.79. The molecule has 24 heavy (non-hydrogen) atoms. The van der Waals surface area contributed by atoms with Gasteiger partial charge in [-0.05, 0) is 18.2 Å². The fourth-order valence-electron chi connectivity index (χ4n) is 2.03. The predicted molar refractivity (Wildman–Crippen MR) is 83.7 cm³/mol. The van der Waals surface area contributed by atoms with E-state index in [-0.39, 0.29) is 17.0 Å². The topological polar surface area (TPSA) is 86.4 Å². The number of carbonyl (C=O) groups is 2. The highest BCUT2D eigenvalue weighted by Gasteiger charge is 2.13. The van der Waals surface area contributed by atoms with Crippen molar-refractivity contribution in [1.29, 1.82) is 0 Å². The molecule has 0 fully saturated rings. The smallest absolute Gasteiger partial charge is 0.325 e. The Morgan fingerprint density at radius 1 is 1.38 bits per heavy atom. The Hall–Kier alpha value is -2.94. The van der Waals surface area contributed by atoms with Crippen LogP contribution in [0.2, 0.25) is 0 Å². The van der Waals surface area contributed by atoms with Crippen LogP contribution in [0.1, 0.15) is 10.5 Å². The van der Waals surface area contributed by atoms with Gasteiger partial charge in [-0.2, -0.15) is 4.99 Å². The third-order valence-electron chi connectivity index (χ3n) is 3.14. The summed E-state index contributed by atoms with van der Waals surface area (Å²) < 4.78 is 20.1. The second-order valence-corrected chi connectivity index (χ2v) is 5.68. The zero-order chi connectivity index (χ0) is 17.1. The highest BCUT2D eigenvalue weighted by Crippen LogP contribution is 2.18. The van der Waals surface area contributed by atoms with E-state index >= 15 is 0 Å². The molecule has 0 atom stereocenters. The number of hydrogen-bond acceptors (Lipinski definition) is 6. The highest BCUT2D eigenvalue weighted by atomic mass is 32.1. The molecule has 0 N–H and O–H groups in total. The molecule has 1 aromatic carbocycles. The second-order valence-electron chi connectivity index (χ2n) is 4.67. The fraction of sp³-hybridized carbons (Fsp3) is 0.133. The average Bonchev–Trinajstić information content (AvgIpc) is 2.91. The molecule has 3 aromatic rings. The molecule has 0 saturated heterocycles. The zero-order valence-electron chi connectivity index (χ0n) is 12.5. The standard InChI is InChI=1S/C15H11FN4O3S/c1-23-13(21)8-20-11-3-2-9(16)6-12(11)24-15(20)19-14(22)10-7-17-4-5-18-10/h2-7H,8H2,1H3. The summed E-state index contributed by atoms with van der Waals surface area (Å²) >= 11 is 1.09. The van der Waals surface area contributed by atoms with Crippen molar-refractivity contribution in [2.45, 2.75) is 6.54 Å². The lowest BCUT2D eigenvalue weighted by molar-refractivity contribution is -0.141. The Morgan fingerprint density at radius 2 is 2.21 bits per heavy atom. The van der Waals surface area contributed by atoms with Crippen LogP contribution in [-0.2, 0) is 16.1 Å². The van der Waals surface area contributed by atoms with Crippen LogP contribution < -0.4 is 4.80 Å². The third-order valence-corrected chi connectivity index (χ3v) is 4.18. The summed E-state index contributed by atoms with van der Waals surface area (Å²) in [6, 6.07) is 4.12. The van der Waals surface area contributed by atoms with Crippen LogP contribution >= 0.6 is 11.3 Å². The van der Waals surface area contributed by atoms with Gasteiger partial charge in [-0.15, -0.1) is 0 Å². The summed E-state index contributed by atoms with van der Waals surface area (Å²) in [5.41, 5.74) is 0.656. The number of carbonyl (C=O) groups excluding carboxylic acids is 2. The maximum atomic E-state index is 13.4. The molecule has 9 heteroatoms. The Morgan fingerprint density at radius 3 is 2.92 bits per heavy atom. The second kappa shape index (κ2) is 6.67. The normalized spacial score (nSPS) is 11.7. The lowest BCUT2D eigenvalue weighted by Crippen LogP contribution is -2.22. The monoisotopic (exact) mass is 346 g/mol. The van der Waals surface area contributed by atoms with Crippen LogP contribution in [0.5, 0.6) is 0 Å². The van der Waals surface area contributed by atoms with Gasteiger partial charge in [0.25, 0.3) is 5.91 Å². The molecule has 3 rings (SSSR count). The number of halogens is 1. The molecule has 0 spiro atoms. The van der Waals surface area contributed by atoms with Gasteiger partial charge in [0.05, 0.1) is 23.5 Å². The van der Waals surface area contributed by atoms with Crippen LogP contribution in [0.4, 0.5) is 4.39 Å². The Bertz CT molecular complexity index is 981. The van der Waals surface area contributed by atoms with Crippen molar-refractivity contribution in [1.82, 2.24) is 14.5 Å². The Kier molecular flexibility index (Phi) is 4.43. The van der Waals surface area contributed by atoms with E-state index in [9.17, 15) is 14.0 Å². The molecule has 0 aliphatic carbocycles. The van der Waals surface area contributed by atoms with Gasteiger partial charge in [-0.3, -0.25) is 14.6 Å². The van der Waals surface area contributed by atoms with Gasteiger partial charge in [0.15, 0.2) is 4.80 Å². The van der Waals surface area contributed by atoms with Crippen molar-refractivity contribution in [3.05, 3.63) is 53.1 Å². The number of fused-ring (bicyclic) bond motifs is 1. The molecule has 0 aliphatic heterocycles. The summed E-state index contributed by atoms with van der Waals surface area (Å²) in [5.74, 6) is -1.53. The minimum Gasteiger partial charge on any atom is -0.468 e. The summed E-state index contributed by atoms with van der Waals surface area (Å²) in [4.78, 5) is 35.8. The predicted octanol–water partition coefficient (Wildman–Crippen LogP) is 1.55. The SMILES string of the molecule is COC(=O)Cn1c(=NC(=O)c2cnccn2)sc2cc(F)ccc21. The number of esters is 1. The number of hydrogen-bond donors (Lipinski definition) is 0. The lowest BCUT2D eigenvalue weighted by atomic mass is 10.3. The number of aromatic nitrogens is 3. The van der Waals surface area contributed by atoms with Crippen LogP contribution in [0.3, 0.4) is 0 Å². The molecule has 2 aromatic heterocycles. The zero-order valence-corrected chi connectivity index (χ0v) is 13.3. The molecule has 1 amide bonds. The van der Waals surface area contributed by atoms with Crippen molar-refractivity contribution >= 4 is 33.4 Å². The lowest BCUT2D eigenvalue weighted by Gasteiger charge is -2.03. The molecule has 7 nitrogen and oxygen atoms in total. The maximum Gasteiger partial charge on any atom is 0.325 e. The van der Waals surface area contributed by atoms with E-state index in [2.05, 4.69) is 19.7 Å². The van der Waals surface area contributed by atoms with Crippen LogP contribution in [0.25, 0.3) is 10.2 Å². The average molecular weight is 346 g/mol. The number of benzene rings is 1. The quantitative estimate of drug-likeness (QED) is 0.672. The summed E-state index contributed by atoms with van der Waals surface area (Å²) in [6.07, 6.45) is 4.12.